The molecule has 0 aromatic heterocycles. The maximum absolute atomic E-state index is 15.3. The number of benzene rings is 3. The molecule has 0 bridgehead atoms. The molecule has 174 valence electrons. The predicted octanol–water partition coefficient (Wildman–Crippen LogP) is 6.24. The minimum absolute atomic E-state index is 0.0383. The molecule has 3 nitrogen and oxygen atoms in total. The van der Waals surface area contributed by atoms with E-state index in [1.165, 1.54) is 7.11 Å². The van der Waals surface area contributed by atoms with Crippen molar-refractivity contribution in [3.05, 3.63) is 88.5 Å². The van der Waals surface area contributed by atoms with Gasteiger partial charge in [-0.15, -0.1) is 0 Å². The predicted molar refractivity (Wildman–Crippen MR) is 122 cm³/mol. The minimum atomic E-state index is -4.76. The molecule has 0 radical (unpaired) electrons. The van der Waals surface area contributed by atoms with E-state index in [9.17, 15) is 13.2 Å². The first kappa shape index (κ1) is 24.5. The Hall–Kier alpha value is -3.16. The summed E-state index contributed by atoms with van der Waals surface area (Å²) >= 11 is 0. The van der Waals surface area contributed by atoms with E-state index in [0.717, 1.165) is 34.9 Å². The van der Waals surface area contributed by atoms with Crippen LogP contribution in [0.5, 0.6) is 5.75 Å². The molecule has 0 atom stereocenters. The fourth-order valence-corrected chi connectivity index (χ4v) is 3.64. The summed E-state index contributed by atoms with van der Waals surface area (Å²) in [4.78, 5) is 0. The van der Waals surface area contributed by atoms with Crippen molar-refractivity contribution in [3.63, 3.8) is 0 Å². The molecule has 0 heterocycles. The fraction of sp³-hybridized carbons (Fsp3) is 0.231. The van der Waals surface area contributed by atoms with Crippen molar-refractivity contribution in [2.75, 3.05) is 20.3 Å². The van der Waals surface area contributed by atoms with Crippen molar-refractivity contribution in [2.24, 2.45) is 0 Å². The smallest absolute Gasteiger partial charge is 0.417 e. The van der Waals surface area contributed by atoms with E-state index in [1.54, 1.807) is 12.1 Å². The first-order valence-electron chi connectivity index (χ1n) is 10.4. The van der Waals surface area contributed by atoms with E-state index in [2.05, 4.69) is 5.32 Å². The Kier molecular flexibility index (Phi) is 7.89. The van der Waals surface area contributed by atoms with Crippen LogP contribution in [0, 0.1) is 6.92 Å². The van der Waals surface area contributed by atoms with E-state index in [0.29, 0.717) is 5.56 Å². The zero-order chi connectivity index (χ0) is 24.0. The van der Waals surface area contributed by atoms with E-state index in [1.807, 2.05) is 43.3 Å². The topological polar surface area (TPSA) is 41.5 Å². The molecule has 33 heavy (non-hydrogen) atoms. The molecule has 0 aliphatic heterocycles. The van der Waals surface area contributed by atoms with Gasteiger partial charge in [0.25, 0.3) is 0 Å². The second-order valence-corrected chi connectivity index (χ2v) is 7.49. The van der Waals surface area contributed by atoms with Crippen LogP contribution in [0.1, 0.15) is 27.8 Å². The third-order valence-corrected chi connectivity index (χ3v) is 5.33. The van der Waals surface area contributed by atoms with E-state index in [4.69, 9.17) is 9.84 Å². The highest BCUT2D eigenvalue weighted by molar-refractivity contribution is 5.83. The molecule has 2 N–H and O–H groups in total. The molecule has 0 amide bonds. The van der Waals surface area contributed by atoms with Gasteiger partial charge < -0.3 is 15.2 Å². The number of halogens is 4. The molecule has 3 aromatic rings. The summed E-state index contributed by atoms with van der Waals surface area (Å²) in [6.45, 7) is 1.89. The lowest BCUT2D eigenvalue weighted by Crippen LogP contribution is -2.19. The fourth-order valence-electron chi connectivity index (χ4n) is 3.64. The highest BCUT2D eigenvalue weighted by Gasteiger charge is 2.35. The summed E-state index contributed by atoms with van der Waals surface area (Å²) in [6, 6.07) is 16.8. The summed E-state index contributed by atoms with van der Waals surface area (Å²) in [5.41, 5.74) is 1.58. The van der Waals surface area contributed by atoms with Gasteiger partial charge in [0.2, 0.25) is 0 Å². The van der Waals surface area contributed by atoms with Crippen LogP contribution in [-0.4, -0.2) is 25.4 Å². The van der Waals surface area contributed by atoms with Gasteiger partial charge in [-0.3, -0.25) is 0 Å². The Morgan fingerprint density at radius 3 is 2.42 bits per heavy atom. The summed E-state index contributed by atoms with van der Waals surface area (Å²) in [6.07, 6.45) is -3.64. The highest BCUT2D eigenvalue weighted by atomic mass is 19.4. The van der Waals surface area contributed by atoms with Crippen molar-refractivity contribution in [3.8, 4) is 16.9 Å². The second-order valence-electron chi connectivity index (χ2n) is 7.49. The van der Waals surface area contributed by atoms with Gasteiger partial charge >= 0.3 is 6.18 Å². The molecule has 0 aliphatic rings. The van der Waals surface area contributed by atoms with Crippen LogP contribution in [0.4, 0.5) is 17.6 Å². The summed E-state index contributed by atoms with van der Waals surface area (Å²) in [7, 11) is 1.32. The third-order valence-electron chi connectivity index (χ3n) is 5.33. The van der Waals surface area contributed by atoms with Gasteiger partial charge in [-0.25, -0.2) is 4.39 Å². The molecule has 3 aromatic carbocycles. The van der Waals surface area contributed by atoms with Crippen molar-refractivity contribution in [2.45, 2.75) is 19.6 Å². The number of methoxy groups -OCH3 is 1. The molecule has 0 aliphatic carbocycles. The van der Waals surface area contributed by atoms with Crippen LogP contribution in [0.2, 0.25) is 0 Å². The highest BCUT2D eigenvalue weighted by Crippen LogP contribution is 2.40. The third kappa shape index (κ3) is 5.80. The monoisotopic (exact) mass is 459 g/mol. The van der Waals surface area contributed by atoms with Gasteiger partial charge in [-0.1, -0.05) is 48.5 Å². The van der Waals surface area contributed by atoms with Crippen molar-refractivity contribution >= 4 is 11.9 Å². The number of rotatable bonds is 8. The average molecular weight is 459 g/mol. The standard InChI is InChI=1S/C26H25F4NO2/c1-17-19(9-6-10-21(17)18-7-4-3-5-8-18)14-24(27)22-15-25(33-2)20(16-31-11-12-32)13-23(22)26(28,29)30/h3-10,13-15,31-32H,11-12,16H2,1-2H3/b24-14-. The van der Waals surface area contributed by atoms with Gasteiger partial charge in [-0.05, 0) is 47.4 Å². The number of aliphatic hydroxyl groups is 1. The van der Waals surface area contributed by atoms with E-state index < -0.39 is 23.1 Å². The molecular weight excluding hydrogens is 434 g/mol. The molecule has 0 saturated carbocycles. The van der Waals surface area contributed by atoms with Gasteiger partial charge in [0.15, 0.2) is 0 Å². The van der Waals surface area contributed by atoms with Gasteiger partial charge in [-0.2, -0.15) is 13.2 Å². The van der Waals surface area contributed by atoms with Gasteiger partial charge in [0.05, 0.1) is 19.3 Å². The van der Waals surface area contributed by atoms with Crippen LogP contribution in [0.25, 0.3) is 23.0 Å². The van der Waals surface area contributed by atoms with Crippen LogP contribution in [-0.2, 0) is 12.7 Å². The van der Waals surface area contributed by atoms with Crippen LogP contribution in [0.3, 0.4) is 0 Å². The number of aliphatic hydroxyl groups excluding tert-OH is 1. The molecule has 0 saturated heterocycles. The minimum Gasteiger partial charge on any atom is -0.496 e. The summed E-state index contributed by atoms with van der Waals surface area (Å²) in [5, 5.41) is 11.7. The average Bonchev–Trinajstić information content (AvgIpc) is 2.80. The number of hydrogen-bond acceptors (Lipinski definition) is 3. The quantitative estimate of drug-likeness (QED) is 0.238. The first-order chi connectivity index (χ1) is 15.8. The zero-order valence-corrected chi connectivity index (χ0v) is 18.3. The lowest BCUT2D eigenvalue weighted by atomic mass is 9.95. The Bertz CT molecular complexity index is 1130. The maximum atomic E-state index is 15.3. The maximum Gasteiger partial charge on any atom is 0.417 e. The molecule has 7 heteroatoms. The lowest BCUT2D eigenvalue weighted by molar-refractivity contribution is -0.137. The Morgan fingerprint density at radius 2 is 1.79 bits per heavy atom. The van der Waals surface area contributed by atoms with Gasteiger partial charge in [0, 0.05) is 24.2 Å². The summed E-state index contributed by atoms with van der Waals surface area (Å²) in [5.74, 6) is -0.884. The normalized spacial score (nSPS) is 12.2. The van der Waals surface area contributed by atoms with Crippen molar-refractivity contribution < 1.29 is 27.4 Å². The van der Waals surface area contributed by atoms with Crippen LogP contribution >= 0.6 is 0 Å². The summed E-state index contributed by atoms with van der Waals surface area (Å²) < 4.78 is 62.0. The van der Waals surface area contributed by atoms with Crippen molar-refractivity contribution in [1.82, 2.24) is 5.32 Å². The number of alkyl halides is 3. The lowest BCUT2D eigenvalue weighted by Gasteiger charge is -2.17. The largest absolute Gasteiger partial charge is 0.496 e. The van der Waals surface area contributed by atoms with Crippen LogP contribution < -0.4 is 10.1 Å². The first-order valence-corrected chi connectivity index (χ1v) is 10.4. The number of nitrogens with one attached hydrogen (secondary N) is 1. The molecule has 0 unspecified atom stereocenters. The Balaban J connectivity index is 2.08. The molecule has 3 rings (SSSR count). The Labute approximate surface area is 190 Å². The Morgan fingerprint density at radius 1 is 1.06 bits per heavy atom. The second kappa shape index (κ2) is 10.6. The van der Waals surface area contributed by atoms with Crippen molar-refractivity contribution in [1.29, 1.82) is 0 Å². The zero-order valence-electron chi connectivity index (χ0n) is 18.3. The number of hydrogen-bond donors (Lipinski definition) is 2. The van der Waals surface area contributed by atoms with E-state index >= 15 is 4.39 Å². The van der Waals surface area contributed by atoms with Gasteiger partial charge in [0.1, 0.15) is 11.6 Å². The molecular formula is C26H25F4NO2. The SMILES string of the molecule is COc1cc(/C(F)=C/c2cccc(-c3ccccc3)c2C)c(C(F)(F)F)cc1CNCCO. The van der Waals surface area contributed by atoms with E-state index in [-0.39, 0.29) is 31.0 Å². The molecule has 0 fully saturated rings. The number of ether oxygens (including phenoxy) is 1. The molecule has 0 spiro atoms. The van der Waals surface area contributed by atoms with Crippen LogP contribution in [0.15, 0.2) is 60.7 Å².